The molecule has 7 heteroatoms. The Morgan fingerprint density at radius 2 is 2.12 bits per heavy atom. The third kappa shape index (κ3) is 3.21. The monoisotopic (exact) mass is 337 g/mol. The maximum atomic E-state index is 12.3. The van der Waals surface area contributed by atoms with Crippen molar-refractivity contribution >= 4 is 17.9 Å². The van der Waals surface area contributed by atoms with Crippen molar-refractivity contribution in [1.82, 2.24) is 15.1 Å². The molecule has 3 fully saturated rings. The Balaban J connectivity index is 1.41. The molecule has 0 unspecified atom stereocenters. The fourth-order valence-electron chi connectivity index (χ4n) is 4.47. The average Bonchev–Trinajstić information content (AvgIpc) is 3.11. The van der Waals surface area contributed by atoms with Crippen molar-refractivity contribution < 1.29 is 19.5 Å². The first-order chi connectivity index (χ1) is 11.5. The average molecular weight is 337 g/mol. The number of carbonyl (C=O) groups is 3. The quantitative estimate of drug-likeness (QED) is 0.740. The first-order valence-corrected chi connectivity index (χ1v) is 9.07. The highest BCUT2D eigenvalue weighted by Gasteiger charge is 2.55. The summed E-state index contributed by atoms with van der Waals surface area (Å²) in [5.74, 6) is -0.459. The minimum Gasteiger partial charge on any atom is -0.481 e. The molecule has 2 N–H and O–H groups in total. The molecule has 3 rings (SSSR count). The lowest BCUT2D eigenvalue weighted by atomic mass is 9.81. The maximum Gasteiger partial charge on any atom is 0.317 e. The predicted octanol–water partition coefficient (Wildman–Crippen LogP) is 1.29. The van der Waals surface area contributed by atoms with E-state index in [1.54, 1.807) is 4.90 Å². The van der Waals surface area contributed by atoms with Gasteiger partial charge in [-0.3, -0.25) is 9.59 Å². The van der Waals surface area contributed by atoms with Gasteiger partial charge in [0.05, 0.1) is 5.41 Å². The number of urea groups is 1. The molecular weight excluding hydrogens is 310 g/mol. The largest absolute Gasteiger partial charge is 0.481 e. The highest BCUT2D eigenvalue weighted by atomic mass is 16.4. The van der Waals surface area contributed by atoms with Crippen molar-refractivity contribution in [1.29, 1.82) is 0 Å². The van der Waals surface area contributed by atoms with Gasteiger partial charge in [0.15, 0.2) is 0 Å². The SMILES string of the molecule is O=C1CCCCN1CCCNC(=O)N1C[C@@H]2CCC[C@@]2(C(=O)O)C1. The van der Waals surface area contributed by atoms with E-state index in [1.807, 2.05) is 4.90 Å². The summed E-state index contributed by atoms with van der Waals surface area (Å²) in [6.07, 6.45) is 5.92. The van der Waals surface area contributed by atoms with Crippen LogP contribution in [0.15, 0.2) is 0 Å². The van der Waals surface area contributed by atoms with Crippen LogP contribution in [0.4, 0.5) is 4.79 Å². The summed E-state index contributed by atoms with van der Waals surface area (Å²) in [5.41, 5.74) is -0.725. The normalized spacial score (nSPS) is 29.7. The maximum absolute atomic E-state index is 12.3. The highest BCUT2D eigenvalue weighted by molar-refractivity contribution is 5.80. The summed E-state index contributed by atoms with van der Waals surface area (Å²) in [6, 6.07) is -0.171. The molecular formula is C17H27N3O4. The van der Waals surface area contributed by atoms with Gasteiger partial charge in [-0.2, -0.15) is 0 Å². The molecule has 3 aliphatic rings. The topological polar surface area (TPSA) is 90.0 Å². The first kappa shape index (κ1) is 17.0. The second kappa shape index (κ2) is 6.99. The number of aliphatic carboxylic acids is 1. The molecule has 2 atom stereocenters. The van der Waals surface area contributed by atoms with E-state index in [1.165, 1.54) is 0 Å². The molecule has 0 bridgehead atoms. The van der Waals surface area contributed by atoms with Crippen molar-refractivity contribution in [2.45, 2.75) is 44.9 Å². The van der Waals surface area contributed by atoms with Crippen LogP contribution in [0.25, 0.3) is 0 Å². The number of nitrogens with zero attached hydrogens (tertiary/aromatic N) is 2. The lowest BCUT2D eigenvalue weighted by molar-refractivity contribution is -0.149. The Bertz CT molecular complexity index is 524. The highest BCUT2D eigenvalue weighted by Crippen LogP contribution is 2.48. The molecule has 0 radical (unpaired) electrons. The Kier molecular flexibility index (Phi) is 4.96. The molecule has 7 nitrogen and oxygen atoms in total. The van der Waals surface area contributed by atoms with Gasteiger partial charge in [-0.15, -0.1) is 0 Å². The zero-order valence-corrected chi connectivity index (χ0v) is 14.1. The van der Waals surface area contributed by atoms with Crippen molar-refractivity contribution in [2.24, 2.45) is 11.3 Å². The van der Waals surface area contributed by atoms with Crippen LogP contribution < -0.4 is 5.32 Å². The molecule has 1 saturated carbocycles. The fourth-order valence-corrected chi connectivity index (χ4v) is 4.47. The Hall–Kier alpha value is -1.79. The third-order valence-electron chi connectivity index (χ3n) is 5.89. The third-order valence-corrected chi connectivity index (χ3v) is 5.89. The lowest BCUT2D eigenvalue weighted by Crippen LogP contribution is -2.43. The van der Waals surface area contributed by atoms with Crippen molar-refractivity contribution in [3.05, 3.63) is 0 Å². The van der Waals surface area contributed by atoms with Crippen LogP contribution in [0, 0.1) is 11.3 Å². The number of amides is 3. The van der Waals surface area contributed by atoms with Crippen LogP contribution in [0.3, 0.4) is 0 Å². The van der Waals surface area contributed by atoms with E-state index < -0.39 is 11.4 Å². The number of carboxylic acids is 1. The molecule has 3 amide bonds. The number of carboxylic acid groups (broad SMARTS) is 1. The van der Waals surface area contributed by atoms with Crippen LogP contribution in [0.2, 0.25) is 0 Å². The molecule has 0 aromatic heterocycles. The molecule has 0 aromatic rings. The molecule has 134 valence electrons. The second-order valence-electron chi connectivity index (χ2n) is 7.35. The van der Waals surface area contributed by atoms with Crippen molar-refractivity contribution in [2.75, 3.05) is 32.7 Å². The molecule has 2 aliphatic heterocycles. The van der Waals surface area contributed by atoms with E-state index in [-0.39, 0.29) is 17.9 Å². The van der Waals surface area contributed by atoms with E-state index in [4.69, 9.17) is 0 Å². The van der Waals surface area contributed by atoms with Crippen LogP contribution in [0.1, 0.15) is 44.9 Å². The van der Waals surface area contributed by atoms with Gasteiger partial charge in [-0.05, 0) is 38.0 Å². The van der Waals surface area contributed by atoms with Crippen LogP contribution in [0.5, 0.6) is 0 Å². The minimum atomic E-state index is -0.760. The number of fused-ring (bicyclic) bond motifs is 1. The molecule has 2 heterocycles. The number of hydrogen-bond donors (Lipinski definition) is 2. The lowest BCUT2D eigenvalue weighted by Gasteiger charge is -2.27. The summed E-state index contributed by atoms with van der Waals surface area (Å²) in [4.78, 5) is 39.2. The predicted molar refractivity (Wildman–Crippen MR) is 87.4 cm³/mol. The van der Waals surface area contributed by atoms with E-state index >= 15 is 0 Å². The number of piperidine rings is 1. The van der Waals surface area contributed by atoms with Crippen molar-refractivity contribution in [3.8, 4) is 0 Å². The van der Waals surface area contributed by atoms with Gasteiger partial charge >= 0.3 is 12.0 Å². The number of nitrogens with one attached hydrogen (secondary N) is 1. The molecule has 2 saturated heterocycles. The molecule has 24 heavy (non-hydrogen) atoms. The number of likely N-dealkylation sites (tertiary alicyclic amines) is 2. The Morgan fingerprint density at radius 1 is 1.29 bits per heavy atom. The summed E-state index contributed by atoms with van der Waals surface area (Å²) < 4.78 is 0. The van der Waals surface area contributed by atoms with Crippen LogP contribution in [-0.4, -0.2) is 65.5 Å². The summed E-state index contributed by atoms with van der Waals surface area (Å²) in [6.45, 7) is 2.89. The smallest absolute Gasteiger partial charge is 0.317 e. The Labute approximate surface area is 142 Å². The molecule has 1 aliphatic carbocycles. The zero-order valence-electron chi connectivity index (χ0n) is 14.1. The fraction of sp³-hybridized carbons (Fsp3) is 0.824. The molecule has 0 aromatic carbocycles. The summed E-state index contributed by atoms with van der Waals surface area (Å²) >= 11 is 0. The van der Waals surface area contributed by atoms with Gasteiger partial charge in [-0.25, -0.2) is 4.79 Å². The standard InChI is InChI=1S/C17H27N3O4/c21-14-6-1-2-9-19(14)10-4-8-18-16(24)20-11-13-5-3-7-17(13,12-20)15(22)23/h13H,1-12H2,(H,18,24)(H,22,23)/t13-,17+/m0/s1. The van der Waals surface area contributed by atoms with Crippen LogP contribution >= 0.6 is 0 Å². The van der Waals surface area contributed by atoms with Gasteiger partial charge in [0.25, 0.3) is 0 Å². The van der Waals surface area contributed by atoms with Gasteiger partial charge in [-0.1, -0.05) is 6.42 Å². The summed E-state index contributed by atoms with van der Waals surface area (Å²) in [5, 5.41) is 12.4. The van der Waals surface area contributed by atoms with Gasteiger partial charge in [0, 0.05) is 39.1 Å². The number of carbonyl (C=O) groups excluding carboxylic acids is 2. The number of rotatable bonds is 5. The van der Waals surface area contributed by atoms with Crippen molar-refractivity contribution in [3.63, 3.8) is 0 Å². The number of hydrogen-bond acceptors (Lipinski definition) is 3. The van der Waals surface area contributed by atoms with E-state index in [2.05, 4.69) is 5.32 Å². The second-order valence-corrected chi connectivity index (χ2v) is 7.35. The minimum absolute atomic E-state index is 0.0896. The molecule has 0 spiro atoms. The van der Waals surface area contributed by atoms with Crippen LogP contribution in [-0.2, 0) is 9.59 Å². The van der Waals surface area contributed by atoms with E-state index in [9.17, 15) is 19.5 Å². The van der Waals surface area contributed by atoms with Gasteiger partial charge < -0.3 is 20.2 Å². The van der Waals surface area contributed by atoms with E-state index in [0.717, 1.165) is 38.6 Å². The zero-order chi connectivity index (χ0) is 17.2. The van der Waals surface area contributed by atoms with Gasteiger partial charge in [0.2, 0.25) is 5.91 Å². The van der Waals surface area contributed by atoms with E-state index in [0.29, 0.717) is 39.0 Å². The Morgan fingerprint density at radius 3 is 2.83 bits per heavy atom. The van der Waals surface area contributed by atoms with Gasteiger partial charge in [0.1, 0.15) is 0 Å². The summed E-state index contributed by atoms with van der Waals surface area (Å²) in [7, 11) is 0. The first-order valence-electron chi connectivity index (χ1n) is 9.07.